The van der Waals surface area contributed by atoms with Gasteiger partial charge in [-0.15, -0.1) is 11.3 Å². The van der Waals surface area contributed by atoms with Crippen molar-refractivity contribution in [2.45, 2.75) is 32.2 Å². The molecule has 0 aromatic carbocycles. The maximum Gasteiger partial charge on any atom is 0.0556 e. The minimum absolute atomic E-state index is 0.228. The van der Waals surface area contributed by atoms with Crippen LogP contribution >= 0.6 is 11.3 Å². The van der Waals surface area contributed by atoms with Gasteiger partial charge in [0.1, 0.15) is 0 Å². The molecule has 0 fully saturated rings. The van der Waals surface area contributed by atoms with Crippen LogP contribution in [0.3, 0.4) is 0 Å². The lowest BCUT2D eigenvalue weighted by Gasteiger charge is -2.12. The smallest absolute Gasteiger partial charge is 0.0556 e. The highest BCUT2D eigenvalue weighted by Crippen LogP contribution is 2.29. The van der Waals surface area contributed by atoms with E-state index in [1.165, 1.54) is 31.2 Å². The first kappa shape index (κ1) is 10.1. The zero-order chi connectivity index (χ0) is 9.80. The molecular formula is C11H17NOS. The largest absolute Gasteiger partial charge is 0.395 e. The van der Waals surface area contributed by atoms with Crippen molar-refractivity contribution in [3.05, 3.63) is 21.4 Å². The molecule has 2 nitrogen and oxygen atoms in total. The quantitative estimate of drug-likeness (QED) is 0.743. The second-order valence-electron chi connectivity index (χ2n) is 3.77. The molecule has 1 aliphatic carbocycles. The van der Waals surface area contributed by atoms with Crippen LogP contribution in [0, 0.1) is 0 Å². The molecule has 78 valence electrons. The van der Waals surface area contributed by atoms with Crippen molar-refractivity contribution in [3.63, 3.8) is 0 Å². The third kappa shape index (κ3) is 2.16. The van der Waals surface area contributed by atoms with Crippen molar-refractivity contribution in [3.8, 4) is 0 Å². The standard InChI is InChI=1S/C11H17NOS/c13-6-5-12-7-9-8-14-11-4-2-1-3-10(9)11/h8,12-13H,1-7H2. The molecule has 2 rings (SSSR count). The van der Waals surface area contributed by atoms with Crippen molar-refractivity contribution < 1.29 is 5.11 Å². The number of fused-ring (bicyclic) bond motifs is 1. The summed E-state index contributed by atoms with van der Waals surface area (Å²) in [5.41, 5.74) is 3.05. The Labute approximate surface area is 89.0 Å². The lowest BCUT2D eigenvalue weighted by atomic mass is 9.96. The lowest BCUT2D eigenvalue weighted by molar-refractivity contribution is 0.292. The highest BCUT2D eigenvalue weighted by molar-refractivity contribution is 7.10. The van der Waals surface area contributed by atoms with E-state index in [1.54, 1.807) is 10.4 Å². The lowest BCUT2D eigenvalue weighted by Crippen LogP contribution is -2.18. The van der Waals surface area contributed by atoms with Crippen LogP contribution in [0.5, 0.6) is 0 Å². The van der Waals surface area contributed by atoms with Crippen LogP contribution in [0.4, 0.5) is 0 Å². The minimum Gasteiger partial charge on any atom is -0.395 e. The van der Waals surface area contributed by atoms with E-state index in [4.69, 9.17) is 5.11 Å². The van der Waals surface area contributed by atoms with Gasteiger partial charge in [0.2, 0.25) is 0 Å². The van der Waals surface area contributed by atoms with Crippen molar-refractivity contribution in [1.82, 2.24) is 5.32 Å². The monoisotopic (exact) mass is 211 g/mol. The van der Waals surface area contributed by atoms with Crippen LogP contribution in [0.2, 0.25) is 0 Å². The molecule has 3 heteroatoms. The van der Waals surface area contributed by atoms with Gasteiger partial charge >= 0.3 is 0 Å². The van der Waals surface area contributed by atoms with E-state index in [9.17, 15) is 0 Å². The number of thiophene rings is 1. The van der Waals surface area contributed by atoms with Gasteiger partial charge in [-0.2, -0.15) is 0 Å². The highest BCUT2D eigenvalue weighted by atomic mass is 32.1. The molecule has 0 saturated heterocycles. The molecule has 0 amide bonds. The molecule has 1 aromatic rings. The summed E-state index contributed by atoms with van der Waals surface area (Å²) < 4.78 is 0. The average molecular weight is 211 g/mol. The van der Waals surface area contributed by atoms with E-state index in [-0.39, 0.29) is 6.61 Å². The van der Waals surface area contributed by atoms with Crippen LogP contribution in [0.1, 0.15) is 28.8 Å². The summed E-state index contributed by atoms with van der Waals surface area (Å²) in [6.07, 6.45) is 5.24. The molecule has 1 aromatic heterocycles. The van der Waals surface area contributed by atoms with E-state index in [2.05, 4.69) is 10.7 Å². The highest BCUT2D eigenvalue weighted by Gasteiger charge is 2.14. The first-order valence-electron chi connectivity index (χ1n) is 5.31. The van der Waals surface area contributed by atoms with Gasteiger partial charge in [-0.3, -0.25) is 0 Å². The maximum absolute atomic E-state index is 8.67. The van der Waals surface area contributed by atoms with E-state index in [0.717, 1.165) is 6.54 Å². The predicted molar refractivity (Wildman–Crippen MR) is 59.8 cm³/mol. The van der Waals surface area contributed by atoms with Gasteiger partial charge in [0, 0.05) is 18.0 Å². The summed E-state index contributed by atoms with van der Waals surface area (Å²) in [4.78, 5) is 1.59. The van der Waals surface area contributed by atoms with Crippen LogP contribution in [0.25, 0.3) is 0 Å². The molecular weight excluding hydrogens is 194 g/mol. The Kier molecular flexibility index (Phi) is 3.56. The maximum atomic E-state index is 8.67. The van der Waals surface area contributed by atoms with E-state index in [0.29, 0.717) is 6.54 Å². The molecule has 0 bridgehead atoms. The molecule has 0 spiro atoms. The second-order valence-corrected chi connectivity index (χ2v) is 4.73. The Balaban J connectivity index is 1.99. The second kappa shape index (κ2) is 4.91. The van der Waals surface area contributed by atoms with Crippen molar-refractivity contribution in [2.24, 2.45) is 0 Å². The van der Waals surface area contributed by atoms with Crippen LogP contribution in [-0.4, -0.2) is 18.3 Å². The van der Waals surface area contributed by atoms with E-state index in [1.807, 2.05) is 11.3 Å². The normalized spacial score (nSPS) is 15.5. The van der Waals surface area contributed by atoms with Crippen molar-refractivity contribution in [2.75, 3.05) is 13.2 Å². The van der Waals surface area contributed by atoms with Crippen LogP contribution < -0.4 is 5.32 Å². The summed E-state index contributed by atoms with van der Waals surface area (Å²) in [5.74, 6) is 0. The third-order valence-electron chi connectivity index (χ3n) is 2.75. The summed E-state index contributed by atoms with van der Waals surface area (Å²) in [5, 5.41) is 14.2. The zero-order valence-electron chi connectivity index (χ0n) is 8.38. The van der Waals surface area contributed by atoms with Gasteiger partial charge in [-0.25, -0.2) is 0 Å². The Hall–Kier alpha value is -0.380. The number of aryl methyl sites for hydroxylation is 1. The Morgan fingerprint density at radius 2 is 2.21 bits per heavy atom. The molecule has 0 atom stereocenters. The number of nitrogens with one attached hydrogen (secondary N) is 1. The molecule has 1 heterocycles. The number of hydrogen-bond acceptors (Lipinski definition) is 3. The van der Waals surface area contributed by atoms with Gasteiger partial charge < -0.3 is 10.4 Å². The van der Waals surface area contributed by atoms with Crippen molar-refractivity contribution >= 4 is 11.3 Å². The van der Waals surface area contributed by atoms with Gasteiger partial charge in [0.15, 0.2) is 0 Å². The van der Waals surface area contributed by atoms with Crippen molar-refractivity contribution in [1.29, 1.82) is 0 Å². The molecule has 14 heavy (non-hydrogen) atoms. The molecule has 2 N–H and O–H groups in total. The predicted octanol–water partition coefficient (Wildman–Crippen LogP) is 1.71. The molecule has 1 aliphatic rings. The Morgan fingerprint density at radius 3 is 3.07 bits per heavy atom. The van der Waals surface area contributed by atoms with Gasteiger partial charge in [0.05, 0.1) is 6.61 Å². The number of hydrogen-bond donors (Lipinski definition) is 2. The summed E-state index contributed by atoms with van der Waals surface area (Å²) in [6.45, 7) is 1.85. The minimum atomic E-state index is 0.228. The van der Waals surface area contributed by atoms with Crippen LogP contribution in [-0.2, 0) is 19.4 Å². The first-order chi connectivity index (χ1) is 6.92. The van der Waals surface area contributed by atoms with Gasteiger partial charge in [0.25, 0.3) is 0 Å². The van der Waals surface area contributed by atoms with E-state index >= 15 is 0 Å². The summed E-state index contributed by atoms with van der Waals surface area (Å²) >= 11 is 1.91. The van der Waals surface area contributed by atoms with Gasteiger partial charge in [-0.05, 0) is 42.2 Å². The molecule has 0 unspecified atom stereocenters. The van der Waals surface area contributed by atoms with E-state index < -0.39 is 0 Å². The SMILES string of the molecule is OCCNCc1csc2c1CCCC2. The number of rotatable bonds is 4. The topological polar surface area (TPSA) is 32.3 Å². The molecule has 0 radical (unpaired) electrons. The number of aliphatic hydroxyl groups is 1. The number of aliphatic hydroxyl groups excluding tert-OH is 1. The molecule has 0 saturated carbocycles. The Morgan fingerprint density at radius 1 is 1.36 bits per heavy atom. The van der Waals surface area contributed by atoms with Gasteiger partial charge in [-0.1, -0.05) is 0 Å². The fraction of sp³-hybridized carbons (Fsp3) is 0.636. The zero-order valence-corrected chi connectivity index (χ0v) is 9.20. The fourth-order valence-electron chi connectivity index (χ4n) is 2.01. The summed E-state index contributed by atoms with van der Waals surface area (Å²) in [6, 6.07) is 0. The van der Waals surface area contributed by atoms with Crippen LogP contribution in [0.15, 0.2) is 5.38 Å². The molecule has 0 aliphatic heterocycles. The summed E-state index contributed by atoms with van der Waals surface area (Å²) in [7, 11) is 0. The Bertz CT molecular complexity index is 295. The first-order valence-corrected chi connectivity index (χ1v) is 6.19. The third-order valence-corrected chi connectivity index (χ3v) is 3.89. The average Bonchev–Trinajstić information content (AvgIpc) is 2.63. The fourth-order valence-corrected chi connectivity index (χ4v) is 3.16.